The predicted molar refractivity (Wildman–Crippen MR) is 183 cm³/mol. The summed E-state index contributed by atoms with van der Waals surface area (Å²) in [7, 11) is 0. The number of para-hydroxylation sites is 1. The number of aromatic nitrogens is 3. The molecule has 0 atom stereocenters. The third-order valence-electron chi connectivity index (χ3n) is 9.22. The third-order valence-corrected chi connectivity index (χ3v) is 10.2. The smallest absolute Gasteiger partial charge is 0.355 e. The Morgan fingerprint density at radius 1 is 0.978 bits per heavy atom. The monoisotopic (exact) mass is 632 g/mol. The van der Waals surface area contributed by atoms with Gasteiger partial charge in [-0.15, -0.1) is 0 Å². The number of carboxylic acid groups (broad SMARTS) is 1. The number of nitrogens with one attached hydrogen (secondary N) is 2. The van der Waals surface area contributed by atoms with Crippen LogP contribution >= 0.6 is 11.3 Å². The number of rotatable bonds is 8. The molecule has 2 aromatic carbocycles. The zero-order valence-corrected chi connectivity index (χ0v) is 26.6. The van der Waals surface area contributed by atoms with Crippen LogP contribution in [0.2, 0.25) is 0 Å². The minimum Gasteiger partial charge on any atom is -0.476 e. The van der Waals surface area contributed by atoms with E-state index in [1.807, 2.05) is 72.5 Å². The number of hydrogen-bond acceptors (Lipinski definition) is 8. The molecular formula is C36H36N6O3S. The van der Waals surface area contributed by atoms with Gasteiger partial charge in [-0.05, 0) is 90.8 Å². The number of carbonyl (C=O) groups is 2. The normalized spacial score (nSPS) is 15.0. The Labute approximate surface area is 271 Å². The standard InChI is InChI=1S/C36H36N6O3S/c1-22-25(16-18-37-33(22)38-20-23-8-3-2-4-9-23)26-14-15-31(40-32(26)35(44)45)42-19-17-24-10-7-11-27(28(24)21-42)34(43)41-36-39-29-12-5-6-13-30(29)46-36/h5-7,10-16,18,23H,2-4,8-9,17,19-21H2,1H3,(H,37,38)(H,44,45)(H,39,41,43). The number of fused-ring (bicyclic) bond motifs is 2. The van der Waals surface area contributed by atoms with Crippen molar-refractivity contribution in [2.75, 3.05) is 28.6 Å². The molecule has 0 spiro atoms. The van der Waals surface area contributed by atoms with Crippen molar-refractivity contribution in [1.29, 1.82) is 0 Å². The Kier molecular flexibility index (Phi) is 8.36. The number of nitrogens with zero attached hydrogens (tertiary/aromatic N) is 4. The molecule has 0 unspecified atom stereocenters. The van der Waals surface area contributed by atoms with Gasteiger partial charge in [-0.3, -0.25) is 10.1 Å². The molecule has 4 heterocycles. The van der Waals surface area contributed by atoms with Crippen LogP contribution in [0.1, 0.15) is 69.6 Å². The lowest BCUT2D eigenvalue weighted by atomic mass is 9.89. The van der Waals surface area contributed by atoms with Crippen molar-refractivity contribution in [2.24, 2.45) is 5.92 Å². The Bertz CT molecular complexity index is 1900. The predicted octanol–water partition coefficient (Wildman–Crippen LogP) is 7.57. The first-order valence-electron chi connectivity index (χ1n) is 15.9. The fourth-order valence-electron chi connectivity index (χ4n) is 6.72. The van der Waals surface area contributed by atoms with E-state index in [0.29, 0.717) is 47.5 Å². The maximum absolute atomic E-state index is 13.5. The van der Waals surface area contributed by atoms with Gasteiger partial charge in [-0.1, -0.05) is 54.9 Å². The Balaban J connectivity index is 1.13. The highest BCUT2D eigenvalue weighted by molar-refractivity contribution is 7.22. The summed E-state index contributed by atoms with van der Waals surface area (Å²) in [6.45, 7) is 3.95. The molecule has 0 bridgehead atoms. The number of hydrogen-bond donors (Lipinski definition) is 3. The van der Waals surface area contributed by atoms with Crippen LogP contribution in [-0.4, -0.2) is 45.0 Å². The topological polar surface area (TPSA) is 120 Å². The molecule has 3 N–H and O–H groups in total. The number of carbonyl (C=O) groups excluding carboxylic acids is 1. The quantitative estimate of drug-likeness (QED) is 0.160. The van der Waals surface area contributed by atoms with E-state index in [-0.39, 0.29) is 11.6 Å². The Morgan fingerprint density at radius 2 is 1.83 bits per heavy atom. The van der Waals surface area contributed by atoms with Crippen LogP contribution in [0.15, 0.2) is 66.9 Å². The van der Waals surface area contributed by atoms with Gasteiger partial charge in [0.15, 0.2) is 10.8 Å². The molecule has 0 saturated heterocycles. The summed E-state index contributed by atoms with van der Waals surface area (Å²) in [4.78, 5) is 41.9. The molecule has 10 heteroatoms. The number of anilines is 3. The van der Waals surface area contributed by atoms with Crippen molar-refractivity contribution in [3.8, 4) is 11.1 Å². The SMILES string of the molecule is Cc1c(-c2ccc(N3CCc4cccc(C(=O)Nc5nc6ccccc6s5)c4C3)nc2C(=O)O)ccnc1NCC1CCCCC1. The fraction of sp³-hybridized carbons (Fsp3) is 0.306. The summed E-state index contributed by atoms with van der Waals surface area (Å²) in [5, 5.41) is 17.3. The van der Waals surface area contributed by atoms with Crippen LogP contribution < -0.4 is 15.5 Å². The van der Waals surface area contributed by atoms with Crippen LogP contribution in [0.4, 0.5) is 16.8 Å². The van der Waals surface area contributed by atoms with Gasteiger partial charge in [-0.2, -0.15) is 0 Å². The van der Waals surface area contributed by atoms with Gasteiger partial charge < -0.3 is 15.3 Å². The van der Waals surface area contributed by atoms with Crippen LogP contribution in [0.5, 0.6) is 0 Å². The summed E-state index contributed by atoms with van der Waals surface area (Å²) in [5.74, 6) is 0.692. The first-order chi connectivity index (χ1) is 22.4. The second kappa shape index (κ2) is 12.9. The molecule has 9 nitrogen and oxygen atoms in total. The molecule has 0 radical (unpaired) electrons. The van der Waals surface area contributed by atoms with Crippen LogP contribution in [0, 0.1) is 12.8 Å². The lowest BCUT2D eigenvalue weighted by Crippen LogP contribution is -2.33. The van der Waals surface area contributed by atoms with Crippen molar-refractivity contribution in [2.45, 2.75) is 52.0 Å². The minimum absolute atomic E-state index is 0.00214. The molecule has 2 aliphatic rings. The van der Waals surface area contributed by atoms with Gasteiger partial charge in [0.25, 0.3) is 5.91 Å². The lowest BCUT2D eigenvalue weighted by molar-refractivity contribution is 0.0691. The molecule has 1 saturated carbocycles. The Morgan fingerprint density at radius 3 is 2.65 bits per heavy atom. The largest absolute Gasteiger partial charge is 0.476 e. The molecule has 1 aliphatic carbocycles. The zero-order chi connectivity index (χ0) is 31.6. The summed E-state index contributed by atoms with van der Waals surface area (Å²) < 4.78 is 1.01. The van der Waals surface area contributed by atoms with Crippen LogP contribution in [-0.2, 0) is 13.0 Å². The molecule has 7 rings (SSSR count). The minimum atomic E-state index is -1.09. The first-order valence-corrected chi connectivity index (χ1v) is 16.7. The lowest BCUT2D eigenvalue weighted by Gasteiger charge is -2.31. The molecule has 5 aromatic rings. The van der Waals surface area contributed by atoms with Crippen LogP contribution in [0.25, 0.3) is 21.3 Å². The van der Waals surface area contributed by atoms with Gasteiger partial charge >= 0.3 is 5.97 Å². The summed E-state index contributed by atoms with van der Waals surface area (Å²) >= 11 is 1.44. The molecule has 3 aromatic heterocycles. The van der Waals surface area contributed by atoms with E-state index in [2.05, 4.69) is 25.6 Å². The molecule has 46 heavy (non-hydrogen) atoms. The highest BCUT2D eigenvalue weighted by Crippen LogP contribution is 2.34. The fourth-order valence-corrected chi connectivity index (χ4v) is 7.58. The summed E-state index contributed by atoms with van der Waals surface area (Å²) in [6.07, 6.45) is 8.78. The van der Waals surface area contributed by atoms with Crippen molar-refractivity contribution >= 4 is 50.2 Å². The average Bonchev–Trinajstić information content (AvgIpc) is 3.50. The number of pyridine rings is 2. The van der Waals surface area contributed by atoms with E-state index in [9.17, 15) is 14.7 Å². The van der Waals surface area contributed by atoms with Gasteiger partial charge in [0, 0.05) is 37.0 Å². The number of carboxylic acids is 1. The van der Waals surface area contributed by atoms with Crippen molar-refractivity contribution in [1.82, 2.24) is 15.0 Å². The maximum atomic E-state index is 13.5. The van der Waals surface area contributed by atoms with E-state index in [0.717, 1.165) is 44.8 Å². The number of amides is 1. The van der Waals surface area contributed by atoms with Gasteiger partial charge in [-0.25, -0.2) is 19.7 Å². The van der Waals surface area contributed by atoms with Crippen LogP contribution in [0.3, 0.4) is 0 Å². The van der Waals surface area contributed by atoms with E-state index in [4.69, 9.17) is 0 Å². The maximum Gasteiger partial charge on any atom is 0.355 e. The van der Waals surface area contributed by atoms with Gasteiger partial charge in [0.2, 0.25) is 0 Å². The van der Waals surface area contributed by atoms with Crippen molar-refractivity contribution in [3.05, 3.63) is 94.8 Å². The number of benzene rings is 2. The van der Waals surface area contributed by atoms with E-state index >= 15 is 0 Å². The van der Waals surface area contributed by atoms with Crippen molar-refractivity contribution in [3.63, 3.8) is 0 Å². The molecule has 1 amide bonds. The second-order valence-electron chi connectivity index (χ2n) is 12.1. The summed E-state index contributed by atoms with van der Waals surface area (Å²) in [5.41, 5.74) is 5.71. The van der Waals surface area contributed by atoms with Gasteiger partial charge in [0.1, 0.15) is 11.6 Å². The second-order valence-corrected chi connectivity index (χ2v) is 13.2. The zero-order valence-electron chi connectivity index (χ0n) is 25.8. The molecule has 1 aliphatic heterocycles. The molecule has 234 valence electrons. The molecular weight excluding hydrogens is 597 g/mol. The number of thiazole rings is 1. The third kappa shape index (κ3) is 6.04. The number of aromatic carboxylic acids is 1. The molecule has 1 fully saturated rings. The summed E-state index contributed by atoms with van der Waals surface area (Å²) in [6, 6.07) is 19.2. The van der Waals surface area contributed by atoms with Crippen molar-refractivity contribution < 1.29 is 14.7 Å². The highest BCUT2D eigenvalue weighted by Gasteiger charge is 2.26. The highest BCUT2D eigenvalue weighted by atomic mass is 32.1. The first kappa shape index (κ1) is 29.9. The Hall–Kier alpha value is -4.83. The van der Waals surface area contributed by atoms with E-state index in [1.165, 1.54) is 43.4 Å². The van der Waals surface area contributed by atoms with Gasteiger partial charge in [0.05, 0.1) is 10.2 Å². The average molecular weight is 633 g/mol. The van der Waals surface area contributed by atoms with E-state index < -0.39 is 5.97 Å². The van der Waals surface area contributed by atoms with E-state index in [1.54, 1.807) is 6.20 Å².